The van der Waals surface area contributed by atoms with E-state index >= 15 is 0 Å². The molecule has 7 heteroatoms. The number of hydrogen-bond donors (Lipinski definition) is 2. The lowest BCUT2D eigenvalue weighted by atomic mass is 9.86. The Kier molecular flexibility index (Phi) is 6.09. The zero-order chi connectivity index (χ0) is 22.3. The largest absolute Gasteiger partial charge is 0.390 e. The van der Waals surface area contributed by atoms with Crippen LogP contribution in [0.2, 0.25) is 0 Å². The minimum absolute atomic E-state index is 0.262. The van der Waals surface area contributed by atoms with Crippen LogP contribution < -0.4 is 4.72 Å². The molecule has 3 nitrogen and oxygen atoms in total. The van der Waals surface area contributed by atoms with E-state index in [9.17, 15) is 18.1 Å². The molecule has 0 aliphatic carbocycles. The molecule has 1 aromatic heterocycles. The number of rotatable bonds is 5. The predicted octanol–water partition coefficient (Wildman–Crippen LogP) is 5.32. The third kappa shape index (κ3) is 4.02. The maximum Gasteiger partial charge on any atom is 0.293 e. The number of hydrogen-bond acceptors (Lipinski definition) is 3. The Morgan fingerprint density at radius 3 is 2.23 bits per heavy atom. The van der Waals surface area contributed by atoms with Crippen LogP contribution in [0.1, 0.15) is 45.7 Å². The lowest BCUT2D eigenvalue weighted by molar-refractivity contribution is -0.113. The Labute approximate surface area is 182 Å². The number of alkyl halides is 2. The van der Waals surface area contributed by atoms with E-state index < -0.39 is 33.8 Å². The average molecular weight is 450 g/mol. The lowest BCUT2D eigenvalue weighted by Crippen LogP contribution is -2.58. The van der Waals surface area contributed by atoms with E-state index in [0.29, 0.717) is 0 Å². The summed E-state index contributed by atoms with van der Waals surface area (Å²) in [4.78, 5) is 0. The average Bonchev–Trinajstić information content (AvgIpc) is 3.04. The molecule has 0 radical (unpaired) electrons. The minimum atomic E-state index is -3.54. The van der Waals surface area contributed by atoms with Gasteiger partial charge in [-0.15, -0.1) is 17.3 Å². The SMILES string of the molecule is CC#Cc1ccc2sc3ccc([C@@](C)(N[S@](=O)C(C)(C)C)C(F)(F)CO)cc3c2c1. The van der Waals surface area contributed by atoms with Crippen molar-refractivity contribution in [3.63, 3.8) is 0 Å². The van der Waals surface area contributed by atoms with Gasteiger partial charge < -0.3 is 5.11 Å². The number of benzene rings is 2. The van der Waals surface area contributed by atoms with Crippen molar-refractivity contribution in [3.05, 3.63) is 47.5 Å². The van der Waals surface area contributed by atoms with Crippen molar-refractivity contribution in [1.82, 2.24) is 4.72 Å². The van der Waals surface area contributed by atoms with Crippen molar-refractivity contribution in [2.45, 2.75) is 50.8 Å². The molecule has 0 spiro atoms. The molecule has 160 valence electrons. The first kappa shape index (κ1) is 22.8. The minimum Gasteiger partial charge on any atom is -0.390 e. The highest BCUT2D eigenvalue weighted by atomic mass is 32.2. The summed E-state index contributed by atoms with van der Waals surface area (Å²) in [6, 6.07) is 11.0. The number of thiophene rings is 1. The van der Waals surface area contributed by atoms with Crippen molar-refractivity contribution in [2.24, 2.45) is 0 Å². The third-order valence-electron chi connectivity index (χ3n) is 5.10. The maximum atomic E-state index is 15.0. The molecule has 2 aromatic carbocycles. The summed E-state index contributed by atoms with van der Waals surface area (Å²) in [7, 11) is -1.77. The van der Waals surface area contributed by atoms with Gasteiger partial charge in [0.25, 0.3) is 5.92 Å². The van der Waals surface area contributed by atoms with Gasteiger partial charge in [0.1, 0.15) is 12.1 Å². The molecule has 30 heavy (non-hydrogen) atoms. The number of aliphatic hydroxyl groups excluding tert-OH is 1. The number of halogens is 2. The molecule has 3 rings (SSSR count). The molecule has 1 heterocycles. The Morgan fingerprint density at radius 2 is 1.67 bits per heavy atom. The second-order valence-electron chi connectivity index (χ2n) is 8.37. The molecule has 0 saturated heterocycles. The number of aliphatic hydroxyl groups is 1. The van der Waals surface area contributed by atoms with Crippen LogP contribution in [0.5, 0.6) is 0 Å². The van der Waals surface area contributed by atoms with Crippen LogP contribution in [0.25, 0.3) is 20.2 Å². The smallest absolute Gasteiger partial charge is 0.293 e. The van der Waals surface area contributed by atoms with Crippen LogP contribution in [0.15, 0.2) is 36.4 Å². The molecule has 0 fully saturated rings. The number of fused-ring (bicyclic) bond motifs is 3. The third-order valence-corrected chi connectivity index (χ3v) is 7.96. The summed E-state index contributed by atoms with van der Waals surface area (Å²) in [5, 5.41) is 11.2. The van der Waals surface area contributed by atoms with Crippen LogP contribution in [0.3, 0.4) is 0 Å². The second-order valence-corrected chi connectivity index (χ2v) is 11.4. The fraction of sp³-hybridized carbons (Fsp3) is 0.391. The highest BCUT2D eigenvalue weighted by Crippen LogP contribution is 2.42. The van der Waals surface area contributed by atoms with E-state index in [0.717, 1.165) is 25.7 Å². The zero-order valence-electron chi connectivity index (χ0n) is 17.6. The first-order valence-corrected chi connectivity index (χ1v) is 11.5. The number of nitrogens with one attached hydrogen (secondary N) is 1. The highest BCUT2D eigenvalue weighted by Gasteiger charge is 2.52. The van der Waals surface area contributed by atoms with Crippen molar-refractivity contribution < 1.29 is 18.1 Å². The van der Waals surface area contributed by atoms with Gasteiger partial charge in [-0.1, -0.05) is 12.0 Å². The van der Waals surface area contributed by atoms with Gasteiger partial charge in [-0.05, 0) is 70.5 Å². The van der Waals surface area contributed by atoms with Crippen LogP contribution in [-0.2, 0) is 16.5 Å². The first-order valence-electron chi connectivity index (χ1n) is 9.51. The van der Waals surface area contributed by atoms with Gasteiger partial charge in [0.15, 0.2) is 0 Å². The molecule has 0 amide bonds. The molecule has 0 aliphatic heterocycles. The van der Waals surface area contributed by atoms with Gasteiger partial charge in [0.05, 0.1) is 15.7 Å². The van der Waals surface area contributed by atoms with Gasteiger partial charge in [0.2, 0.25) is 0 Å². The molecular weight excluding hydrogens is 424 g/mol. The van der Waals surface area contributed by atoms with Crippen molar-refractivity contribution in [1.29, 1.82) is 0 Å². The molecule has 0 saturated carbocycles. The summed E-state index contributed by atoms with van der Waals surface area (Å²) >= 11 is 1.57. The van der Waals surface area contributed by atoms with E-state index in [1.54, 1.807) is 57.2 Å². The van der Waals surface area contributed by atoms with E-state index in [-0.39, 0.29) is 5.56 Å². The predicted molar refractivity (Wildman–Crippen MR) is 122 cm³/mol. The highest BCUT2D eigenvalue weighted by molar-refractivity contribution is 7.84. The topological polar surface area (TPSA) is 49.3 Å². The fourth-order valence-corrected chi connectivity index (χ4v) is 5.16. The van der Waals surface area contributed by atoms with Gasteiger partial charge in [0, 0.05) is 25.7 Å². The summed E-state index contributed by atoms with van der Waals surface area (Å²) in [5.74, 6) is 2.36. The zero-order valence-corrected chi connectivity index (χ0v) is 19.2. The van der Waals surface area contributed by atoms with Crippen molar-refractivity contribution >= 4 is 42.5 Å². The summed E-state index contributed by atoms with van der Waals surface area (Å²) in [6.07, 6.45) is 0. The van der Waals surface area contributed by atoms with Gasteiger partial charge in [-0.3, -0.25) is 0 Å². The molecule has 0 bridgehead atoms. The van der Waals surface area contributed by atoms with Gasteiger partial charge >= 0.3 is 0 Å². The van der Waals surface area contributed by atoms with Crippen molar-refractivity contribution in [2.75, 3.05) is 6.61 Å². The first-order chi connectivity index (χ1) is 13.9. The summed E-state index contributed by atoms with van der Waals surface area (Å²) in [5.41, 5.74) is -0.910. The molecular formula is C23H25F2NO2S2. The lowest BCUT2D eigenvalue weighted by Gasteiger charge is -2.39. The van der Waals surface area contributed by atoms with Crippen LogP contribution in [-0.4, -0.2) is 26.6 Å². The van der Waals surface area contributed by atoms with Crippen LogP contribution in [0, 0.1) is 11.8 Å². The van der Waals surface area contributed by atoms with Crippen LogP contribution in [0.4, 0.5) is 8.78 Å². The standard InChI is InChI=1S/C23H25F2NO2S2/c1-6-7-15-8-10-19-17(12-15)18-13-16(9-11-20(18)29-19)22(5,23(24,25)14-27)26-30(28)21(2,3)4/h8-13,26-27H,14H2,1-5H3/t22-,30-/m1/s1. The van der Waals surface area contributed by atoms with Gasteiger partial charge in [-0.2, -0.15) is 0 Å². The summed E-state index contributed by atoms with van der Waals surface area (Å²) < 4.78 is 46.5. The molecule has 0 unspecified atom stereocenters. The monoisotopic (exact) mass is 449 g/mol. The normalized spacial score (nSPS) is 15.6. The van der Waals surface area contributed by atoms with Crippen molar-refractivity contribution in [3.8, 4) is 11.8 Å². The molecule has 2 N–H and O–H groups in total. The Hall–Kier alpha value is -1.85. The molecule has 3 aromatic rings. The van der Waals surface area contributed by atoms with E-state index in [1.165, 1.54) is 6.92 Å². The van der Waals surface area contributed by atoms with E-state index in [2.05, 4.69) is 16.6 Å². The molecule has 2 atom stereocenters. The van der Waals surface area contributed by atoms with Gasteiger partial charge in [-0.25, -0.2) is 17.7 Å². The quantitative estimate of drug-likeness (QED) is 0.518. The molecule has 0 aliphatic rings. The van der Waals surface area contributed by atoms with E-state index in [1.807, 2.05) is 18.2 Å². The fourth-order valence-electron chi connectivity index (χ4n) is 3.15. The Morgan fingerprint density at radius 1 is 1.07 bits per heavy atom. The van der Waals surface area contributed by atoms with E-state index in [4.69, 9.17) is 0 Å². The maximum absolute atomic E-state index is 15.0. The summed E-state index contributed by atoms with van der Waals surface area (Å²) in [6.45, 7) is 6.81. The van der Waals surface area contributed by atoms with Crippen LogP contribution >= 0.6 is 11.3 Å². The second kappa shape index (κ2) is 8.01. The Balaban J connectivity index is 2.23. The Bertz CT molecular complexity index is 1180.